The van der Waals surface area contributed by atoms with E-state index in [1.807, 2.05) is 49.4 Å². The summed E-state index contributed by atoms with van der Waals surface area (Å²) < 4.78 is 0. The maximum Gasteiger partial charge on any atom is 0.269 e. The Hall–Kier alpha value is -3.15. The summed E-state index contributed by atoms with van der Waals surface area (Å²) in [5, 5.41) is 0. The first-order valence-electron chi connectivity index (χ1n) is 10.1. The van der Waals surface area contributed by atoms with Crippen LogP contribution in [0, 0.1) is 5.92 Å². The van der Waals surface area contributed by atoms with Crippen LogP contribution in [-0.2, 0) is 22.4 Å². The van der Waals surface area contributed by atoms with Crippen molar-refractivity contribution in [3.63, 3.8) is 0 Å². The topological polar surface area (TPSA) is 78.5 Å². The Bertz CT molecular complexity index is 849. The number of amides is 3. The quantitative estimate of drug-likeness (QED) is 0.766. The van der Waals surface area contributed by atoms with Crippen LogP contribution in [0.3, 0.4) is 0 Å². The molecule has 0 saturated carbocycles. The number of nitrogens with one attached hydrogen (secondary N) is 2. The lowest BCUT2D eigenvalue weighted by Crippen LogP contribution is -2.50. The Morgan fingerprint density at radius 1 is 0.966 bits per heavy atom. The summed E-state index contributed by atoms with van der Waals surface area (Å²) in [4.78, 5) is 39.0. The van der Waals surface area contributed by atoms with Gasteiger partial charge in [0.25, 0.3) is 5.91 Å². The number of aryl methyl sites for hydroxylation is 1. The first kappa shape index (κ1) is 20.6. The lowest BCUT2D eigenvalue weighted by atomic mass is 9.97. The molecule has 3 rings (SSSR count). The molecular formula is C23H27N3O3. The molecule has 3 amide bonds. The number of rotatable bonds is 5. The predicted octanol–water partition coefficient (Wildman–Crippen LogP) is 2.49. The van der Waals surface area contributed by atoms with Gasteiger partial charge in [0.1, 0.15) is 0 Å². The number of hydrogen-bond donors (Lipinski definition) is 2. The second-order valence-corrected chi connectivity index (χ2v) is 7.34. The average molecular weight is 393 g/mol. The minimum Gasteiger partial charge on any atom is -0.342 e. The molecular weight excluding hydrogens is 366 g/mol. The third-order valence-electron chi connectivity index (χ3n) is 5.27. The highest BCUT2D eigenvalue weighted by Gasteiger charge is 2.28. The number of nitrogens with zero attached hydrogens (tertiary/aromatic N) is 1. The van der Waals surface area contributed by atoms with Gasteiger partial charge in [0.05, 0.1) is 12.3 Å². The molecule has 1 fully saturated rings. The number of benzene rings is 2. The van der Waals surface area contributed by atoms with Gasteiger partial charge in [-0.25, -0.2) is 0 Å². The van der Waals surface area contributed by atoms with Crippen molar-refractivity contribution in [1.82, 2.24) is 15.8 Å². The van der Waals surface area contributed by atoms with Gasteiger partial charge in [-0.1, -0.05) is 49.4 Å². The van der Waals surface area contributed by atoms with Crippen LogP contribution in [0.25, 0.3) is 0 Å². The minimum absolute atomic E-state index is 0.0220. The van der Waals surface area contributed by atoms with Crippen LogP contribution in [0.2, 0.25) is 0 Å². The van der Waals surface area contributed by atoms with Crippen LogP contribution >= 0.6 is 0 Å². The highest BCUT2D eigenvalue weighted by atomic mass is 16.2. The van der Waals surface area contributed by atoms with E-state index in [0.29, 0.717) is 31.5 Å². The van der Waals surface area contributed by atoms with Crippen LogP contribution in [0.5, 0.6) is 0 Å². The molecule has 1 saturated heterocycles. The molecule has 0 radical (unpaired) electrons. The molecule has 2 aromatic carbocycles. The van der Waals surface area contributed by atoms with Crippen LogP contribution in [0.15, 0.2) is 54.6 Å². The van der Waals surface area contributed by atoms with E-state index < -0.39 is 0 Å². The van der Waals surface area contributed by atoms with Crippen molar-refractivity contribution in [2.24, 2.45) is 5.92 Å². The number of hydrazine groups is 1. The number of likely N-dealkylation sites (tertiary alicyclic amines) is 1. The Labute approximate surface area is 171 Å². The molecule has 0 spiro atoms. The van der Waals surface area contributed by atoms with Gasteiger partial charge < -0.3 is 4.90 Å². The third-order valence-corrected chi connectivity index (χ3v) is 5.27. The summed E-state index contributed by atoms with van der Waals surface area (Å²) in [6.07, 6.45) is 2.70. The van der Waals surface area contributed by atoms with Gasteiger partial charge in [-0.3, -0.25) is 25.2 Å². The Morgan fingerprint density at radius 2 is 1.69 bits per heavy atom. The molecule has 1 atom stereocenters. The molecule has 2 aromatic rings. The SMILES string of the molecule is CCc1ccc(C(=O)NNC(=O)C2CCCN(C(=O)Cc3ccccc3)C2)cc1. The van der Waals surface area contributed by atoms with Gasteiger partial charge >= 0.3 is 0 Å². The largest absolute Gasteiger partial charge is 0.342 e. The number of piperidine rings is 1. The van der Waals surface area contributed by atoms with Crippen molar-refractivity contribution in [1.29, 1.82) is 0 Å². The molecule has 1 heterocycles. The monoisotopic (exact) mass is 393 g/mol. The summed E-state index contributed by atoms with van der Waals surface area (Å²) >= 11 is 0. The maximum atomic E-state index is 12.6. The zero-order chi connectivity index (χ0) is 20.6. The van der Waals surface area contributed by atoms with Gasteiger partial charge in [0, 0.05) is 18.7 Å². The molecule has 0 bridgehead atoms. The van der Waals surface area contributed by atoms with Crippen LogP contribution < -0.4 is 10.9 Å². The van der Waals surface area contributed by atoms with E-state index in [2.05, 4.69) is 10.9 Å². The molecule has 1 aliphatic heterocycles. The predicted molar refractivity (Wildman–Crippen MR) is 111 cm³/mol. The van der Waals surface area contributed by atoms with Gasteiger partial charge in [-0.05, 0) is 42.5 Å². The lowest BCUT2D eigenvalue weighted by molar-refractivity contribution is -0.135. The number of carbonyl (C=O) groups is 3. The Balaban J connectivity index is 1.49. The van der Waals surface area contributed by atoms with Crippen molar-refractivity contribution in [2.45, 2.75) is 32.6 Å². The van der Waals surface area contributed by atoms with Crippen LogP contribution in [0.4, 0.5) is 0 Å². The van der Waals surface area contributed by atoms with E-state index in [9.17, 15) is 14.4 Å². The zero-order valence-corrected chi connectivity index (χ0v) is 16.7. The summed E-state index contributed by atoms with van der Waals surface area (Å²) in [5.41, 5.74) is 7.59. The standard InChI is InChI=1S/C23H27N3O3/c1-2-17-10-12-19(13-11-17)22(28)24-25-23(29)20-9-6-14-26(16-20)21(27)15-18-7-4-3-5-8-18/h3-5,7-8,10-13,20H,2,6,9,14-16H2,1H3,(H,24,28)(H,25,29). The van der Waals surface area contributed by atoms with Crippen LogP contribution in [-0.4, -0.2) is 35.7 Å². The highest BCUT2D eigenvalue weighted by Crippen LogP contribution is 2.18. The average Bonchev–Trinajstić information content (AvgIpc) is 2.78. The first-order chi connectivity index (χ1) is 14.1. The number of hydrogen-bond acceptors (Lipinski definition) is 3. The Morgan fingerprint density at radius 3 is 2.38 bits per heavy atom. The van der Waals surface area contributed by atoms with E-state index in [0.717, 1.165) is 24.0 Å². The van der Waals surface area contributed by atoms with Crippen molar-refractivity contribution < 1.29 is 14.4 Å². The first-order valence-corrected chi connectivity index (χ1v) is 10.1. The molecule has 1 aliphatic rings. The molecule has 29 heavy (non-hydrogen) atoms. The fraction of sp³-hybridized carbons (Fsp3) is 0.348. The smallest absolute Gasteiger partial charge is 0.269 e. The van der Waals surface area contributed by atoms with E-state index in [4.69, 9.17) is 0 Å². The fourth-order valence-electron chi connectivity index (χ4n) is 3.48. The van der Waals surface area contributed by atoms with Gasteiger partial charge in [0.2, 0.25) is 11.8 Å². The second kappa shape index (κ2) is 9.87. The fourth-order valence-corrected chi connectivity index (χ4v) is 3.48. The van der Waals surface area contributed by atoms with E-state index in [-0.39, 0.29) is 23.6 Å². The summed E-state index contributed by atoms with van der Waals surface area (Å²) in [5.74, 6) is -0.922. The number of carbonyl (C=O) groups excluding carboxylic acids is 3. The van der Waals surface area contributed by atoms with Crippen molar-refractivity contribution in [2.75, 3.05) is 13.1 Å². The molecule has 0 aliphatic carbocycles. The molecule has 6 nitrogen and oxygen atoms in total. The maximum absolute atomic E-state index is 12.6. The minimum atomic E-state index is -0.353. The van der Waals surface area contributed by atoms with Gasteiger partial charge in [-0.2, -0.15) is 0 Å². The molecule has 0 aromatic heterocycles. The second-order valence-electron chi connectivity index (χ2n) is 7.34. The van der Waals surface area contributed by atoms with Crippen LogP contribution in [0.1, 0.15) is 41.3 Å². The lowest BCUT2D eigenvalue weighted by Gasteiger charge is -2.32. The molecule has 1 unspecified atom stereocenters. The van der Waals surface area contributed by atoms with Crippen molar-refractivity contribution in [3.8, 4) is 0 Å². The molecule has 2 N–H and O–H groups in total. The van der Waals surface area contributed by atoms with Crippen molar-refractivity contribution >= 4 is 17.7 Å². The van der Waals surface area contributed by atoms with E-state index in [1.54, 1.807) is 17.0 Å². The molecule has 6 heteroatoms. The van der Waals surface area contributed by atoms with Gasteiger partial charge in [-0.15, -0.1) is 0 Å². The highest BCUT2D eigenvalue weighted by molar-refractivity contribution is 5.95. The van der Waals surface area contributed by atoms with Gasteiger partial charge in [0.15, 0.2) is 0 Å². The summed E-state index contributed by atoms with van der Waals surface area (Å²) in [6.45, 7) is 3.08. The third kappa shape index (κ3) is 5.67. The Kier molecular flexibility index (Phi) is 7.00. The van der Waals surface area contributed by atoms with E-state index in [1.165, 1.54) is 0 Å². The van der Waals surface area contributed by atoms with Crippen molar-refractivity contribution in [3.05, 3.63) is 71.3 Å². The summed E-state index contributed by atoms with van der Waals surface area (Å²) in [6, 6.07) is 16.9. The van der Waals surface area contributed by atoms with E-state index >= 15 is 0 Å². The molecule has 152 valence electrons. The zero-order valence-electron chi connectivity index (χ0n) is 16.7. The summed E-state index contributed by atoms with van der Waals surface area (Å²) in [7, 11) is 0. The normalized spacial score (nSPS) is 16.2.